The van der Waals surface area contributed by atoms with Gasteiger partial charge in [-0.25, -0.2) is 61.8 Å². The minimum atomic E-state index is -0.543. The smallest absolute Gasteiger partial charge is 0.167 e. The number of hydrogen-bond donors (Lipinski definition) is 5. The molecule has 1 unspecified atom stereocenters. The van der Waals surface area contributed by atoms with Gasteiger partial charge in [-0.2, -0.15) is 0 Å². The maximum atomic E-state index is 14.5. The molecule has 18 rings (SSSR count). The molecule has 132 heavy (non-hydrogen) atoms. The quantitative estimate of drug-likeness (QED) is 0.0241. The van der Waals surface area contributed by atoms with Crippen molar-refractivity contribution in [3.63, 3.8) is 0 Å². The number of H-pyrrole nitrogens is 1. The van der Waals surface area contributed by atoms with Crippen LogP contribution in [-0.2, 0) is 83.8 Å². The van der Waals surface area contributed by atoms with Crippen molar-refractivity contribution < 1.29 is 22.0 Å². The average Bonchev–Trinajstić information content (AvgIpc) is 1.68. The largest absolute Gasteiger partial charge is 0.361 e. The summed E-state index contributed by atoms with van der Waals surface area (Å²) in [6, 6.07) is 77.9. The molecule has 0 amide bonds. The fraction of sp³-hybridized carbons (Fsp3) is 0.351. The Hall–Kier alpha value is -11.8. The second-order valence-electron chi connectivity index (χ2n) is 35.8. The lowest BCUT2D eigenvalue weighted by Crippen LogP contribution is -2.56. The van der Waals surface area contributed by atoms with Crippen molar-refractivity contribution in [3.8, 4) is 45.0 Å². The number of nitrogens with zero attached hydrogens (tertiary/aromatic N) is 11. The van der Waals surface area contributed by atoms with Gasteiger partial charge in [0.25, 0.3) is 0 Å². The van der Waals surface area contributed by atoms with Gasteiger partial charge in [0.1, 0.15) is 52.3 Å². The van der Waals surface area contributed by atoms with Crippen LogP contribution < -0.4 is 21.3 Å². The van der Waals surface area contributed by atoms with Crippen LogP contribution in [0.3, 0.4) is 0 Å². The molecule has 9 aromatic carbocycles. The number of halogens is 5. The standard InChI is InChI=1S/C33H33F2N5.C27H33FN4.C26H30FN3.C25H29FN4/c34-27-16-23(17-28(35)19-27)5-4-10-33-37-12-11-31(39-33)25-7-3-6-24(15-25)21-40-14-13-36-29(22-40)18-26-20-38-32-9-2-1-8-30(26)32;1-20(2)26-18-29-14-15-32(26)19-22-8-3-9-23(16-22)25-12-13-30-27(31-25)11-5-7-21-6-4-10-24(28)17-21;27-24-19-29-25(11-5-8-20-6-2-1-3-7-20)30-26(24)23-10-4-9-22(18-23)13-12-21-14-16-28-17-15-21;1-2-30(23-16-27-17-23)18-20-8-3-9-21(14-20)24-12-13-28-25(29-24)11-5-7-19-6-4-10-22(26)15-19/h1-3,6-9,11-12,15-17,19-20,29,36,38H,4-5,10,13-14,18,21-22H2;3-4,6,8-10,12-13,16-17,20,26,29H,5,7,11,14-15,18-19H2,1-2H3;1-4,6-7,9-10,18-19,21,28H,5,8,11-17H2;3-4,6,8-10,12-15,23,27H,2,5,7,11,16-18H2,1H3/t29-;;;/m0.../s1. The number of benzene rings is 9. The number of rotatable bonds is 34. The summed E-state index contributed by atoms with van der Waals surface area (Å²) in [5.41, 5.74) is 19.1. The minimum Gasteiger partial charge on any atom is -0.361 e. The number of fused-ring (bicyclic) bond motifs is 1. The lowest BCUT2D eigenvalue weighted by molar-refractivity contribution is 0.117. The summed E-state index contributed by atoms with van der Waals surface area (Å²) in [6.45, 7) is 21.3. The predicted molar refractivity (Wildman–Crippen MR) is 521 cm³/mol. The van der Waals surface area contributed by atoms with Gasteiger partial charge in [-0.05, 0) is 250 Å². The van der Waals surface area contributed by atoms with Crippen LogP contribution in [0.4, 0.5) is 22.0 Å². The summed E-state index contributed by atoms with van der Waals surface area (Å²) >= 11 is 0. The van der Waals surface area contributed by atoms with Crippen molar-refractivity contribution in [1.82, 2.24) is 80.8 Å². The molecule has 21 heteroatoms. The topological polar surface area (TPSA) is 177 Å². The highest BCUT2D eigenvalue weighted by atomic mass is 19.1. The number of nitrogens with one attached hydrogen (secondary N) is 5. The highest BCUT2D eigenvalue weighted by Gasteiger charge is 2.27. The van der Waals surface area contributed by atoms with E-state index < -0.39 is 11.6 Å². The van der Waals surface area contributed by atoms with Crippen LogP contribution in [0.15, 0.2) is 268 Å². The van der Waals surface area contributed by atoms with Crippen molar-refractivity contribution in [1.29, 1.82) is 0 Å². The zero-order valence-corrected chi connectivity index (χ0v) is 76.5. The van der Waals surface area contributed by atoms with Crippen LogP contribution in [0.1, 0.15) is 139 Å². The van der Waals surface area contributed by atoms with Gasteiger partial charge in [0, 0.05) is 180 Å². The Bertz CT molecular complexity index is 5920. The van der Waals surface area contributed by atoms with E-state index in [1.54, 1.807) is 30.5 Å². The summed E-state index contributed by atoms with van der Waals surface area (Å²) in [5, 5.41) is 15.3. The Morgan fingerprint density at radius 3 is 1.52 bits per heavy atom. The third-order valence-corrected chi connectivity index (χ3v) is 25.6. The summed E-state index contributed by atoms with van der Waals surface area (Å²) in [4.78, 5) is 47.5. The van der Waals surface area contributed by atoms with Gasteiger partial charge in [-0.1, -0.05) is 166 Å². The first-order chi connectivity index (χ1) is 64.7. The average molecular weight is 1780 g/mol. The zero-order valence-electron chi connectivity index (χ0n) is 76.5. The first-order valence-corrected chi connectivity index (χ1v) is 47.6. The molecule has 0 aliphatic carbocycles. The van der Waals surface area contributed by atoms with E-state index in [4.69, 9.17) is 15.0 Å². The third-order valence-electron chi connectivity index (χ3n) is 25.6. The Balaban J connectivity index is 0.000000136. The van der Waals surface area contributed by atoms with Crippen molar-refractivity contribution in [3.05, 3.63) is 370 Å². The van der Waals surface area contributed by atoms with E-state index in [0.717, 1.165) is 249 Å². The van der Waals surface area contributed by atoms with E-state index >= 15 is 0 Å². The van der Waals surface area contributed by atoms with Crippen molar-refractivity contribution in [2.75, 3.05) is 72.0 Å². The summed E-state index contributed by atoms with van der Waals surface area (Å²) in [6.07, 6.45) is 24.3. The van der Waals surface area contributed by atoms with Gasteiger partial charge in [0.15, 0.2) is 5.82 Å². The lowest BCUT2D eigenvalue weighted by atomic mass is 9.91. The van der Waals surface area contributed by atoms with Gasteiger partial charge in [-0.15, -0.1) is 0 Å². The Labute approximate surface area is 775 Å². The molecule has 4 aliphatic heterocycles. The van der Waals surface area contributed by atoms with Gasteiger partial charge in [-0.3, -0.25) is 14.7 Å². The van der Waals surface area contributed by atoms with Crippen molar-refractivity contribution >= 4 is 10.9 Å². The second-order valence-corrected chi connectivity index (χ2v) is 35.8. The fourth-order valence-electron chi connectivity index (χ4n) is 18.4. The normalized spacial score (nSPS) is 15.5. The molecule has 4 saturated heterocycles. The van der Waals surface area contributed by atoms with Crippen LogP contribution in [-0.4, -0.2) is 150 Å². The van der Waals surface area contributed by atoms with Gasteiger partial charge in [0.05, 0.1) is 23.3 Å². The lowest BCUT2D eigenvalue weighted by Gasteiger charge is -2.38. The molecule has 0 radical (unpaired) electrons. The van der Waals surface area contributed by atoms with Gasteiger partial charge in [0.2, 0.25) is 0 Å². The van der Waals surface area contributed by atoms with Gasteiger partial charge >= 0.3 is 0 Å². The first-order valence-electron chi connectivity index (χ1n) is 47.6. The van der Waals surface area contributed by atoms with Crippen LogP contribution in [0, 0.1) is 40.9 Å². The number of para-hydroxylation sites is 1. The molecule has 16 nitrogen and oxygen atoms in total. The molecule has 0 saturated carbocycles. The fourth-order valence-corrected chi connectivity index (χ4v) is 18.4. The first kappa shape index (κ1) is 94.8. The van der Waals surface area contributed by atoms with E-state index in [9.17, 15) is 22.0 Å². The molecule has 4 fully saturated rings. The molecule has 2 atom stereocenters. The molecular formula is C111H125F5N16. The molecule has 9 heterocycles. The van der Waals surface area contributed by atoms with Crippen molar-refractivity contribution in [2.24, 2.45) is 11.8 Å². The molecule has 0 bridgehead atoms. The van der Waals surface area contributed by atoms with Crippen LogP contribution in [0.2, 0.25) is 0 Å². The van der Waals surface area contributed by atoms with E-state index in [0.29, 0.717) is 54.0 Å². The molecule has 14 aromatic rings. The highest BCUT2D eigenvalue weighted by molar-refractivity contribution is 5.83. The molecule has 5 N–H and O–H groups in total. The molecule has 4 aliphatic rings. The van der Waals surface area contributed by atoms with E-state index in [1.165, 1.54) is 94.0 Å². The number of aromatic amines is 1. The Kier molecular flexibility index (Phi) is 35.3. The van der Waals surface area contributed by atoms with Crippen LogP contribution >= 0.6 is 0 Å². The molecular weight excluding hydrogens is 1650 g/mol. The maximum Gasteiger partial charge on any atom is 0.167 e. The second kappa shape index (κ2) is 49.1. The summed E-state index contributed by atoms with van der Waals surface area (Å²) < 4.78 is 68.2. The minimum absolute atomic E-state index is 0.179. The monoisotopic (exact) mass is 1780 g/mol. The number of hydrogen-bond acceptors (Lipinski definition) is 15. The zero-order chi connectivity index (χ0) is 91.0. The predicted octanol–water partition coefficient (Wildman–Crippen LogP) is 20.6. The van der Waals surface area contributed by atoms with Crippen molar-refractivity contribution in [2.45, 2.75) is 168 Å². The number of aryl methyl sites for hydroxylation is 9. The molecule has 684 valence electrons. The number of likely N-dealkylation sites (N-methyl/N-ethyl adjacent to an activating group) is 1. The number of piperidine rings is 1. The highest BCUT2D eigenvalue weighted by Crippen LogP contribution is 2.30. The van der Waals surface area contributed by atoms with Crippen LogP contribution in [0.25, 0.3) is 55.9 Å². The van der Waals surface area contributed by atoms with Crippen LogP contribution in [0.5, 0.6) is 0 Å². The van der Waals surface area contributed by atoms with E-state index in [1.807, 2.05) is 60.9 Å². The van der Waals surface area contributed by atoms with E-state index in [2.05, 4.69) is 226 Å². The molecule has 0 spiro atoms. The summed E-state index contributed by atoms with van der Waals surface area (Å²) in [5.74, 6) is 2.75. The number of aromatic nitrogens is 9. The molecule has 5 aromatic heterocycles. The summed E-state index contributed by atoms with van der Waals surface area (Å²) in [7, 11) is 0. The Morgan fingerprint density at radius 2 is 0.932 bits per heavy atom. The maximum absolute atomic E-state index is 14.5. The van der Waals surface area contributed by atoms with Gasteiger partial charge < -0.3 is 26.3 Å². The number of piperazine rings is 2. The van der Waals surface area contributed by atoms with E-state index in [-0.39, 0.29) is 17.5 Å². The third kappa shape index (κ3) is 28.9. The Morgan fingerprint density at radius 1 is 0.424 bits per heavy atom. The SMILES string of the molecule is CC(C)C1CNCCN1Cc1cccc(-c2ccnc(CCCc3cccc(F)c3)n2)c1.CCN(Cc1cccc(-c2ccnc(CCCc3cccc(F)c3)n2)c1)C1CNC1.Fc1cc(F)cc(CCCc2nccc(-c3cccc(CN4CCN[C@@H](Cc5c[nH]c6ccccc56)C4)c3)n2)c1.Fc1cnc(CCCc2ccccc2)nc1-c1cccc(CCC2CCNCC2)c1.